The summed E-state index contributed by atoms with van der Waals surface area (Å²) in [5.74, 6) is -0.506. The molecule has 0 aliphatic carbocycles. The van der Waals surface area contributed by atoms with E-state index >= 15 is 0 Å². The number of alkyl halides is 3. The number of carbonyl (C=O) groups excluding carboxylic acids is 2. The third-order valence-corrected chi connectivity index (χ3v) is 5.75. The molecule has 4 heterocycles. The van der Waals surface area contributed by atoms with E-state index in [1.54, 1.807) is 16.0 Å². The molecule has 0 N–H and O–H groups in total. The molecule has 0 aromatic carbocycles. The minimum Gasteiger partial charge on any atom is -0.448 e. The molecular weight excluding hydrogens is 401 g/mol. The lowest BCUT2D eigenvalue weighted by molar-refractivity contribution is -0.136. The van der Waals surface area contributed by atoms with Crippen LogP contribution in [0.15, 0.2) is 18.5 Å². The molecule has 2 fully saturated rings. The van der Waals surface area contributed by atoms with Crippen LogP contribution in [0, 0.1) is 0 Å². The Bertz CT molecular complexity index is 978. The molecule has 2 aromatic heterocycles. The van der Waals surface area contributed by atoms with Crippen LogP contribution >= 0.6 is 0 Å². The van der Waals surface area contributed by atoms with Gasteiger partial charge in [-0.05, 0) is 30.4 Å². The van der Waals surface area contributed by atoms with Crippen molar-refractivity contribution in [2.45, 2.75) is 44.8 Å². The monoisotopic (exact) mass is 424 g/mol. The van der Waals surface area contributed by atoms with Crippen molar-refractivity contribution in [1.29, 1.82) is 0 Å². The summed E-state index contributed by atoms with van der Waals surface area (Å²) >= 11 is 0. The quantitative estimate of drug-likeness (QED) is 0.756. The van der Waals surface area contributed by atoms with Crippen LogP contribution in [0.3, 0.4) is 0 Å². The lowest BCUT2D eigenvalue weighted by Crippen LogP contribution is -2.47. The molecule has 0 spiro atoms. The molecule has 0 unspecified atom stereocenters. The van der Waals surface area contributed by atoms with Crippen LogP contribution in [-0.2, 0) is 10.9 Å². The first-order valence-corrected chi connectivity index (χ1v) is 9.97. The van der Waals surface area contributed by atoms with Gasteiger partial charge in [-0.2, -0.15) is 13.2 Å². The molecule has 10 heteroatoms. The van der Waals surface area contributed by atoms with Crippen molar-refractivity contribution in [2.75, 3.05) is 26.2 Å². The topological polar surface area (TPSA) is 67.2 Å². The molecule has 2 amide bonds. The van der Waals surface area contributed by atoms with Gasteiger partial charge in [-0.1, -0.05) is 13.8 Å². The average Bonchev–Trinajstić information content (AvgIpc) is 3.31. The molecular formula is C20H23F3N4O3. The van der Waals surface area contributed by atoms with Crippen LogP contribution in [0.4, 0.5) is 18.0 Å². The number of pyridine rings is 1. The summed E-state index contributed by atoms with van der Waals surface area (Å²) in [5, 5.41) is 0. The molecule has 7 nitrogen and oxygen atoms in total. The number of cyclic esters (lactones) is 1. The van der Waals surface area contributed by atoms with Gasteiger partial charge < -0.3 is 18.9 Å². The van der Waals surface area contributed by atoms with E-state index in [-0.39, 0.29) is 29.4 Å². The maximum Gasteiger partial charge on any atom is 0.419 e. The van der Waals surface area contributed by atoms with Crippen molar-refractivity contribution in [3.63, 3.8) is 0 Å². The minimum atomic E-state index is -4.57. The molecule has 2 aliphatic rings. The average molecular weight is 424 g/mol. The van der Waals surface area contributed by atoms with Crippen molar-refractivity contribution in [2.24, 2.45) is 0 Å². The molecule has 2 aromatic rings. The van der Waals surface area contributed by atoms with E-state index in [1.165, 1.54) is 10.6 Å². The third kappa shape index (κ3) is 3.70. The number of rotatable bonds is 3. The lowest BCUT2D eigenvalue weighted by Gasteiger charge is -2.35. The number of aromatic nitrogens is 2. The van der Waals surface area contributed by atoms with Gasteiger partial charge in [0.15, 0.2) is 0 Å². The fourth-order valence-electron chi connectivity index (χ4n) is 4.03. The van der Waals surface area contributed by atoms with Crippen molar-refractivity contribution in [3.05, 3.63) is 35.3 Å². The summed E-state index contributed by atoms with van der Waals surface area (Å²) in [7, 11) is 0. The number of nitrogens with zero attached hydrogens (tertiary/aromatic N) is 4. The molecule has 0 saturated carbocycles. The number of amides is 2. The number of fused-ring (bicyclic) bond motifs is 1. The Morgan fingerprint density at radius 3 is 2.47 bits per heavy atom. The molecule has 30 heavy (non-hydrogen) atoms. The molecule has 2 aliphatic heterocycles. The summed E-state index contributed by atoms with van der Waals surface area (Å²) in [6.07, 6.45) is -0.757. The van der Waals surface area contributed by atoms with E-state index in [0.717, 1.165) is 6.07 Å². The van der Waals surface area contributed by atoms with Gasteiger partial charge >= 0.3 is 12.3 Å². The van der Waals surface area contributed by atoms with Crippen molar-refractivity contribution in [3.8, 4) is 0 Å². The smallest absolute Gasteiger partial charge is 0.419 e. The van der Waals surface area contributed by atoms with Gasteiger partial charge in [0.25, 0.3) is 5.91 Å². The van der Waals surface area contributed by atoms with E-state index in [0.29, 0.717) is 44.6 Å². The molecule has 4 rings (SSSR count). The second kappa shape index (κ2) is 7.48. The van der Waals surface area contributed by atoms with Crippen LogP contribution in [-0.4, -0.2) is 63.5 Å². The van der Waals surface area contributed by atoms with Gasteiger partial charge in [-0.15, -0.1) is 0 Å². The van der Waals surface area contributed by atoms with Crippen molar-refractivity contribution < 1.29 is 27.5 Å². The fourth-order valence-corrected chi connectivity index (χ4v) is 4.03. The highest BCUT2D eigenvalue weighted by Crippen LogP contribution is 2.34. The summed E-state index contributed by atoms with van der Waals surface area (Å²) in [6, 6.07) is 1.11. The van der Waals surface area contributed by atoms with Gasteiger partial charge in [0.1, 0.15) is 17.9 Å². The normalized spacial score (nSPS) is 18.5. The van der Waals surface area contributed by atoms with Gasteiger partial charge in [0, 0.05) is 31.5 Å². The number of hydrogen-bond acceptors (Lipinski definition) is 4. The Hall–Kier alpha value is -2.78. The highest BCUT2D eigenvalue weighted by atomic mass is 19.4. The summed E-state index contributed by atoms with van der Waals surface area (Å²) < 4.78 is 46.9. The second-order valence-electron chi connectivity index (χ2n) is 8.03. The minimum absolute atomic E-state index is 0.00977. The number of carbonyl (C=O) groups is 2. The van der Waals surface area contributed by atoms with Crippen LogP contribution in [0.2, 0.25) is 0 Å². The van der Waals surface area contributed by atoms with Gasteiger partial charge in [0.05, 0.1) is 12.1 Å². The number of imidazole rings is 1. The van der Waals surface area contributed by atoms with E-state index in [2.05, 4.69) is 4.98 Å². The fraction of sp³-hybridized carbons (Fsp3) is 0.550. The summed E-state index contributed by atoms with van der Waals surface area (Å²) in [4.78, 5) is 31.9. The third-order valence-electron chi connectivity index (χ3n) is 5.75. The molecule has 0 atom stereocenters. The standard InChI is InChI=1S/C20H23F3N4O3/c1-12(2)13-9-15(20(21,22)23)17-24-16(11-26(17)10-13)18(28)25-5-3-14(4-6-25)27-7-8-30-19(27)29/h9-12,14H,3-8H2,1-2H3. The Kier molecular flexibility index (Phi) is 5.11. The first-order valence-electron chi connectivity index (χ1n) is 9.97. The molecule has 0 radical (unpaired) electrons. The van der Waals surface area contributed by atoms with Crippen LogP contribution in [0.1, 0.15) is 54.2 Å². The van der Waals surface area contributed by atoms with E-state index < -0.39 is 17.6 Å². The number of likely N-dealkylation sites (tertiary alicyclic amines) is 1. The van der Waals surface area contributed by atoms with E-state index in [9.17, 15) is 22.8 Å². The highest BCUT2D eigenvalue weighted by Gasteiger charge is 2.36. The predicted octanol–water partition coefficient (Wildman–Crippen LogP) is 3.53. The Morgan fingerprint density at radius 2 is 1.90 bits per heavy atom. The number of piperidine rings is 1. The first-order chi connectivity index (χ1) is 14.1. The molecule has 162 valence electrons. The SMILES string of the molecule is CC(C)c1cc(C(F)(F)F)c2nc(C(=O)N3CCC(N4CCOC4=O)CC3)cn2c1. The van der Waals surface area contributed by atoms with Crippen LogP contribution in [0.5, 0.6) is 0 Å². The number of hydrogen-bond donors (Lipinski definition) is 0. The van der Waals surface area contributed by atoms with Crippen LogP contribution < -0.4 is 0 Å². The Morgan fingerprint density at radius 1 is 1.20 bits per heavy atom. The Labute approximate surface area is 171 Å². The van der Waals surface area contributed by atoms with E-state index in [1.807, 2.05) is 13.8 Å². The van der Waals surface area contributed by atoms with Gasteiger partial charge in [-0.25, -0.2) is 9.78 Å². The highest BCUT2D eigenvalue weighted by molar-refractivity contribution is 5.93. The molecule has 2 saturated heterocycles. The van der Waals surface area contributed by atoms with Gasteiger partial charge in [-0.3, -0.25) is 4.79 Å². The number of halogens is 3. The molecule has 0 bridgehead atoms. The van der Waals surface area contributed by atoms with Crippen molar-refractivity contribution >= 4 is 17.6 Å². The largest absolute Gasteiger partial charge is 0.448 e. The maximum absolute atomic E-state index is 13.6. The number of ether oxygens (including phenoxy) is 1. The van der Waals surface area contributed by atoms with E-state index in [4.69, 9.17) is 4.74 Å². The predicted molar refractivity (Wildman–Crippen MR) is 101 cm³/mol. The summed E-state index contributed by atoms with van der Waals surface area (Å²) in [5.41, 5.74) is -0.617. The zero-order chi connectivity index (χ0) is 21.6. The van der Waals surface area contributed by atoms with Gasteiger partial charge in [0.2, 0.25) is 0 Å². The second-order valence-corrected chi connectivity index (χ2v) is 8.03. The first kappa shape index (κ1) is 20.5. The lowest BCUT2D eigenvalue weighted by atomic mass is 10.0. The van der Waals surface area contributed by atoms with Crippen LogP contribution in [0.25, 0.3) is 5.65 Å². The zero-order valence-electron chi connectivity index (χ0n) is 16.8. The maximum atomic E-state index is 13.6. The summed E-state index contributed by atoms with van der Waals surface area (Å²) in [6.45, 7) is 5.35. The zero-order valence-corrected chi connectivity index (χ0v) is 16.8. The Balaban J connectivity index is 1.56. The van der Waals surface area contributed by atoms with Crippen molar-refractivity contribution in [1.82, 2.24) is 19.2 Å².